The number of hydrogen-bond acceptors (Lipinski definition) is 5. The number of carbonyl (C=O) groups excluding carboxylic acids is 1. The summed E-state index contributed by atoms with van der Waals surface area (Å²) in [4.78, 5) is 15.7. The third-order valence-corrected chi connectivity index (χ3v) is 2.91. The largest absolute Gasteiger partial charge is 0.468 e. The quantitative estimate of drug-likeness (QED) is 0.833. The maximum atomic E-state index is 12.2. The molecule has 1 unspecified atom stereocenters. The van der Waals surface area contributed by atoms with E-state index in [2.05, 4.69) is 20.4 Å². The molecule has 22 heavy (non-hydrogen) atoms. The lowest BCUT2D eigenvalue weighted by atomic mass is 10.2. The van der Waals surface area contributed by atoms with Crippen molar-refractivity contribution in [2.75, 3.05) is 26.4 Å². The smallest absolute Gasteiger partial charge is 0.422 e. The molecule has 1 aliphatic rings. The zero-order valence-electron chi connectivity index (χ0n) is 11.7. The van der Waals surface area contributed by atoms with Crippen LogP contribution in [0.4, 0.5) is 13.2 Å². The molecule has 1 aliphatic heterocycles. The summed E-state index contributed by atoms with van der Waals surface area (Å²) in [5, 5.41) is 5.61. The fourth-order valence-corrected chi connectivity index (χ4v) is 1.88. The number of nitrogens with one attached hydrogen (secondary N) is 2. The molecule has 122 valence electrons. The first kappa shape index (κ1) is 16.5. The zero-order valence-corrected chi connectivity index (χ0v) is 11.7. The number of carbonyl (C=O) groups is 1. The van der Waals surface area contributed by atoms with Gasteiger partial charge in [0.1, 0.15) is 6.04 Å². The number of aromatic nitrogens is 1. The van der Waals surface area contributed by atoms with E-state index in [1.807, 2.05) is 0 Å². The first-order valence-corrected chi connectivity index (χ1v) is 6.68. The molecule has 0 radical (unpaired) electrons. The van der Waals surface area contributed by atoms with Crippen LogP contribution in [-0.4, -0.2) is 49.5 Å². The summed E-state index contributed by atoms with van der Waals surface area (Å²) in [6.45, 7) is -0.0237. The summed E-state index contributed by atoms with van der Waals surface area (Å²) in [5.41, 5.74) is 0.372. The van der Waals surface area contributed by atoms with E-state index in [1.54, 1.807) is 12.1 Å². The normalized spacial score (nSPS) is 18.8. The molecule has 1 fully saturated rings. The number of alkyl halides is 3. The standard InChI is InChI=1S/C13H16F3N3O3/c14-13(15,16)8-22-12-9(2-1-3-18-12)6-19-11(20)10-7-21-5-4-17-10/h1-3,10,17H,4-8H2,(H,19,20). The molecule has 2 heterocycles. The van der Waals surface area contributed by atoms with E-state index < -0.39 is 18.8 Å². The van der Waals surface area contributed by atoms with Gasteiger partial charge in [0.05, 0.1) is 13.2 Å². The highest BCUT2D eigenvalue weighted by Gasteiger charge is 2.29. The average molecular weight is 319 g/mol. The molecule has 0 aliphatic carbocycles. The predicted molar refractivity (Wildman–Crippen MR) is 70.2 cm³/mol. The highest BCUT2D eigenvalue weighted by molar-refractivity contribution is 5.82. The lowest BCUT2D eigenvalue weighted by molar-refractivity contribution is -0.154. The SMILES string of the molecule is O=C(NCc1cccnc1OCC(F)(F)F)C1COCCN1. The van der Waals surface area contributed by atoms with Crippen LogP contribution in [0.2, 0.25) is 0 Å². The van der Waals surface area contributed by atoms with Crippen LogP contribution in [-0.2, 0) is 16.1 Å². The second-order valence-corrected chi connectivity index (χ2v) is 4.67. The van der Waals surface area contributed by atoms with Crippen molar-refractivity contribution in [1.82, 2.24) is 15.6 Å². The highest BCUT2D eigenvalue weighted by atomic mass is 19.4. The summed E-state index contributed by atoms with van der Waals surface area (Å²) in [6.07, 6.45) is -3.12. The van der Waals surface area contributed by atoms with Gasteiger partial charge in [-0.25, -0.2) is 4.98 Å². The molecular formula is C13H16F3N3O3. The van der Waals surface area contributed by atoms with Crippen molar-refractivity contribution in [2.24, 2.45) is 0 Å². The number of ether oxygens (including phenoxy) is 2. The van der Waals surface area contributed by atoms with Gasteiger partial charge in [0.2, 0.25) is 11.8 Å². The third-order valence-electron chi connectivity index (χ3n) is 2.91. The molecule has 6 nitrogen and oxygen atoms in total. The van der Waals surface area contributed by atoms with Gasteiger partial charge in [0.15, 0.2) is 6.61 Å². The van der Waals surface area contributed by atoms with Crippen molar-refractivity contribution >= 4 is 5.91 Å². The minimum absolute atomic E-state index is 0.0258. The van der Waals surface area contributed by atoms with E-state index >= 15 is 0 Å². The summed E-state index contributed by atoms with van der Waals surface area (Å²) in [7, 11) is 0. The fourth-order valence-electron chi connectivity index (χ4n) is 1.88. The van der Waals surface area contributed by atoms with E-state index in [4.69, 9.17) is 4.74 Å². The molecule has 1 aromatic heterocycles. The van der Waals surface area contributed by atoms with Crippen LogP contribution < -0.4 is 15.4 Å². The Morgan fingerprint density at radius 2 is 2.36 bits per heavy atom. The summed E-state index contributed by atoms with van der Waals surface area (Å²) in [6, 6.07) is 2.64. The molecule has 1 amide bonds. The average Bonchev–Trinajstić information content (AvgIpc) is 2.51. The molecule has 0 saturated carbocycles. The monoisotopic (exact) mass is 319 g/mol. The van der Waals surface area contributed by atoms with Gasteiger partial charge in [-0.3, -0.25) is 4.79 Å². The van der Waals surface area contributed by atoms with Crippen LogP contribution in [0.15, 0.2) is 18.3 Å². The maximum Gasteiger partial charge on any atom is 0.422 e. The minimum Gasteiger partial charge on any atom is -0.468 e. The Kier molecular flexibility index (Phi) is 5.56. The molecule has 9 heteroatoms. The van der Waals surface area contributed by atoms with Crippen molar-refractivity contribution in [3.63, 3.8) is 0 Å². The fraction of sp³-hybridized carbons (Fsp3) is 0.538. The van der Waals surface area contributed by atoms with Gasteiger partial charge < -0.3 is 20.1 Å². The Bertz CT molecular complexity index is 505. The molecule has 2 N–H and O–H groups in total. The van der Waals surface area contributed by atoms with Crippen LogP contribution in [0, 0.1) is 0 Å². The number of pyridine rings is 1. The molecule has 0 bridgehead atoms. The van der Waals surface area contributed by atoms with E-state index in [0.717, 1.165) is 0 Å². The molecule has 0 aromatic carbocycles. The van der Waals surface area contributed by atoms with Gasteiger partial charge in [-0.1, -0.05) is 6.07 Å². The molecule has 1 atom stereocenters. The Balaban J connectivity index is 1.90. The lowest BCUT2D eigenvalue weighted by Crippen LogP contribution is -2.51. The number of rotatable bonds is 5. The number of amides is 1. The van der Waals surface area contributed by atoms with Gasteiger partial charge >= 0.3 is 6.18 Å². The Morgan fingerprint density at radius 3 is 3.05 bits per heavy atom. The van der Waals surface area contributed by atoms with Gasteiger partial charge in [-0.15, -0.1) is 0 Å². The molecule has 0 spiro atoms. The molecule has 2 rings (SSSR count). The van der Waals surface area contributed by atoms with E-state index in [-0.39, 0.29) is 24.9 Å². The van der Waals surface area contributed by atoms with Crippen LogP contribution >= 0.6 is 0 Å². The predicted octanol–water partition coefficient (Wildman–Crippen LogP) is 0.627. The van der Waals surface area contributed by atoms with Crippen LogP contribution in [0.1, 0.15) is 5.56 Å². The van der Waals surface area contributed by atoms with Gasteiger partial charge in [0, 0.05) is 24.8 Å². The Morgan fingerprint density at radius 1 is 1.55 bits per heavy atom. The van der Waals surface area contributed by atoms with Gasteiger partial charge in [0.25, 0.3) is 0 Å². The second kappa shape index (κ2) is 7.41. The zero-order chi connectivity index (χ0) is 16.0. The molecule has 1 aromatic rings. The van der Waals surface area contributed by atoms with Crippen LogP contribution in [0.5, 0.6) is 5.88 Å². The van der Waals surface area contributed by atoms with Crippen molar-refractivity contribution in [1.29, 1.82) is 0 Å². The molecule has 1 saturated heterocycles. The number of hydrogen-bond donors (Lipinski definition) is 2. The van der Waals surface area contributed by atoms with Crippen molar-refractivity contribution in [2.45, 2.75) is 18.8 Å². The van der Waals surface area contributed by atoms with Crippen molar-refractivity contribution < 1.29 is 27.4 Å². The Hall–Kier alpha value is -1.87. The number of nitrogens with zero attached hydrogens (tertiary/aromatic N) is 1. The van der Waals surface area contributed by atoms with E-state index in [0.29, 0.717) is 18.7 Å². The third kappa shape index (κ3) is 5.15. The van der Waals surface area contributed by atoms with E-state index in [9.17, 15) is 18.0 Å². The summed E-state index contributed by atoms with van der Waals surface area (Å²) < 4.78 is 46.4. The maximum absolute atomic E-state index is 12.2. The topological polar surface area (TPSA) is 72.5 Å². The van der Waals surface area contributed by atoms with Gasteiger partial charge in [-0.2, -0.15) is 13.2 Å². The number of halogens is 3. The van der Waals surface area contributed by atoms with Crippen LogP contribution in [0.25, 0.3) is 0 Å². The summed E-state index contributed by atoms with van der Waals surface area (Å²) >= 11 is 0. The van der Waals surface area contributed by atoms with Crippen LogP contribution in [0.3, 0.4) is 0 Å². The first-order chi connectivity index (χ1) is 10.5. The van der Waals surface area contributed by atoms with E-state index in [1.165, 1.54) is 6.20 Å². The highest BCUT2D eigenvalue weighted by Crippen LogP contribution is 2.19. The summed E-state index contributed by atoms with van der Waals surface area (Å²) in [5.74, 6) is -0.432. The first-order valence-electron chi connectivity index (χ1n) is 6.68. The minimum atomic E-state index is -4.44. The second-order valence-electron chi connectivity index (χ2n) is 4.67. The van der Waals surface area contributed by atoms with Gasteiger partial charge in [-0.05, 0) is 6.07 Å². The number of morpholine rings is 1. The molecular weight excluding hydrogens is 303 g/mol. The Labute approximate surface area is 125 Å². The van der Waals surface area contributed by atoms with Crippen molar-refractivity contribution in [3.05, 3.63) is 23.9 Å². The lowest BCUT2D eigenvalue weighted by Gasteiger charge is -2.23. The van der Waals surface area contributed by atoms with Crippen molar-refractivity contribution in [3.8, 4) is 5.88 Å².